The first-order valence-electron chi connectivity index (χ1n) is 8.99. The third-order valence-electron chi connectivity index (χ3n) is 6.03. The molecule has 2 saturated carbocycles. The molecule has 0 radical (unpaired) electrons. The van der Waals surface area contributed by atoms with Crippen molar-refractivity contribution in [1.29, 1.82) is 0 Å². The molecule has 5 heteroatoms. The van der Waals surface area contributed by atoms with Crippen LogP contribution in [-0.2, 0) is 4.79 Å². The normalized spacial score (nSPS) is 29.1. The number of hydrogen-bond acceptors (Lipinski definition) is 3. The van der Waals surface area contributed by atoms with Crippen molar-refractivity contribution < 1.29 is 14.7 Å². The Kier molecular flexibility index (Phi) is 3.94. The predicted molar refractivity (Wildman–Crippen MR) is 89.5 cm³/mol. The fraction of sp³-hybridized carbons (Fsp3) is 0.579. The van der Waals surface area contributed by atoms with Crippen LogP contribution in [0.5, 0.6) is 5.75 Å². The van der Waals surface area contributed by atoms with Crippen LogP contribution in [0.15, 0.2) is 24.3 Å². The molecule has 3 aliphatic rings. The van der Waals surface area contributed by atoms with Gasteiger partial charge in [-0.25, -0.2) is 0 Å². The molecular formula is C19H24N2O3. The van der Waals surface area contributed by atoms with Gasteiger partial charge < -0.3 is 14.9 Å². The van der Waals surface area contributed by atoms with E-state index in [9.17, 15) is 14.7 Å². The number of aromatic hydroxyl groups is 1. The lowest BCUT2D eigenvalue weighted by Gasteiger charge is -2.37. The van der Waals surface area contributed by atoms with Crippen LogP contribution >= 0.6 is 0 Å². The van der Waals surface area contributed by atoms with Gasteiger partial charge in [-0.05, 0) is 49.3 Å². The summed E-state index contributed by atoms with van der Waals surface area (Å²) >= 11 is 0. The minimum atomic E-state index is -0.0714. The van der Waals surface area contributed by atoms with Crippen molar-refractivity contribution >= 4 is 11.8 Å². The van der Waals surface area contributed by atoms with E-state index in [1.165, 1.54) is 25.3 Å². The molecule has 24 heavy (non-hydrogen) atoms. The summed E-state index contributed by atoms with van der Waals surface area (Å²) in [6, 6.07) is 6.45. The van der Waals surface area contributed by atoms with E-state index < -0.39 is 0 Å². The van der Waals surface area contributed by atoms with Crippen LogP contribution in [0.3, 0.4) is 0 Å². The number of benzene rings is 1. The average molecular weight is 328 g/mol. The second-order valence-electron chi connectivity index (χ2n) is 7.45. The second-order valence-corrected chi connectivity index (χ2v) is 7.45. The molecule has 1 N–H and O–H groups in total. The number of hydrogen-bond donors (Lipinski definition) is 1. The van der Waals surface area contributed by atoms with E-state index in [2.05, 4.69) is 0 Å². The van der Waals surface area contributed by atoms with Crippen LogP contribution in [0.2, 0.25) is 0 Å². The van der Waals surface area contributed by atoms with Crippen LogP contribution in [-0.4, -0.2) is 52.9 Å². The molecule has 0 aromatic heterocycles. The molecule has 0 spiro atoms. The Balaban J connectivity index is 1.35. The van der Waals surface area contributed by atoms with Gasteiger partial charge in [-0.3, -0.25) is 9.59 Å². The molecule has 1 aliphatic heterocycles. The first-order chi connectivity index (χ1) is 11.6. The van der Waals surface area contributed by atoms with E-state index in [1.807, 2.05) is 4.90 Å². The predicted octanol–water partition coefficient (Wildman–Crippen LogP) is 2.11. The number of fused-ring (bicyclic) bond motifs is 2. The molecule has 5 nitrogen and oxygen atoms in total. The second kappa shape index (κ2) is 6.11. The zero-order valence-corrected chi connectivity index (χ0v) is 13.9. The van der Waals surface area contributed by atoms with Crippen LogP contribution in [0.25, 0.3) is 0 Å². The fourth-order valence-corrected chi connectivity index (χ4v) is 4.73. The van der Waals surface area contributed by atoms with Gasteiger partial charge in [-0.1, -0.05) is 12.5 Å². The molecule has 3 fully saturated rings. The van der Waals surface area contributed by atoms with Crippen molar-refractivity contribution in [3.63, 3.8) is 0 Å². The lowest BCUT2D eigenvalue weighted by Crippen LogP contribution is -2.52. The van der Waals surface area contributed by atoms with Gasteiger partial charge in [-0.15, -0.1) is 0 Å². The largest absolute Gasteiger partial charge is 0.508 e. The van der Waals surface area contributed by atoms with Gasteiger partial charge in [0.15, 0.2) is 0 Å². The third kappa shape index (κ3) is 2.76. The minimum absolute atomic E-state index is 0.0714. The summed E-state index contributed by atoms with van der Waals surface area (Å²) < 4.78 is 0. The summed E-state index contributed by atoms with van der Waals surface area (Å²) in [5, 5.41) is 9.52. The van der Waals surface area contributed by atoms with Crippen molar-refractivity contribution in [2.45, 2.75) is 25.7 Å². The molecule has 2 amide bonds. The molecule has 2 bridgehead atoms. The summed E-state index contributed by atoms with van der Waals surface area (Å²) in [5.74, 6) is 1.96. The fourth-order valence-electron chi connectivity index (χ4n) is 4.73. The van der Waals surface area contributed by atoms with Crippen LogP contribution < -0.4 is 0 Å². The number of phenolic OH excluding ortho intramolecular Hbond substituents is 1. The highest BCUT2D eigenvalue weighted by Gasteiger charge is 2.44. The minimum Gasteiger partial charge on any atom is -0.508 e. The van der Waals surface area contributed by atoms with Gasteiger partial charge >= 0.3 is 0 Å². The molecule has 3 atom stereocenters. The summed E-state index contributed by atoms with van der Waals surface area (Å²) in [7, 11) is 0. The van der Waals surface area contributed by atoms with Crippen LogP contribution in [0, 0.1) is 17.8 Å². The van der Waals surface area contributed by atoms with E-state index >= 15 is 0 Å². The van der Waals surface area contributed by atoms with Crippen molar-refractivity contribution in [2.24, 2.45) is 17.8 Å². The molecule has 1 heterocycles. The van der Waals surface area contributed by atoms with E-state index in [4.69, 9.17) is 0 Å². The Morgan fingerprint density at radius 2 is 1.75 bits per heavy atom. The monoisotopic (exact) mass is 328 g/mol. The number of nitrogens with zero attached hydrogens (tertiary/aromatic N) is 2. The topological polar surface area (TPSA) is 60.9 Å². The maximum Gasteiger partial charge on any atom is 0.254 e. The third-order valence-corrected chi connectivity index (χ3v) is 6.03. The van der Waals surface area contributed by atoms with Crippen molar-refractivity contribution in [3.8, 4) is 5.75 Å². The Labute approximate surface area is 142 Å². The maximum atomic E-state index is 12.8. The molecule has 4 rings (SSSR count). The Hall–Kier alpha value is -2.04. The van der Waals surface area contributed by atoms with Gasteiger partial charge in [-0.2, -0.15) is 0 Å². The molecule has 0 unspecified atom stereocenters. The van der Waals surface area contributed by atoms with Gasteiger partial charge in [0.2, 0.25) is 5.91 Å². The maximum absolute atomic E-state index is 12.8. The van der Waals surface area contributed by atoms with E-state index in [0.29, 0.717) is 43.6 Å². The average Bonchev–Trinajstić information content (AvgIpc) is 3.24. The quantitative estimate of drug-likeness (QED) is 0.904. The van der Waals surface area contributed by atoms with E-state index in [0.717, 1.165) is 12.3 Å². The number of piperazine rings is 1. The lowest BCUT2D eigenvalue weighted by molar-refractivity contribution is -0.138. The highest BCUT2D eigenvalue weighted by atomic mass is 16.3. The van der Waals surface area contributed by atoms with Gasteiger partial charge in [0, 0.05) is 37.7 Å². The molecule has 1 aromatic rings. The van der Waals surface area contributed by atoms with Gasteiger partial charge in [0.05, 0.1) is 0 Å². The lowest BCUT2D eigenvalue weighted by atomic mass is 9.87. The van der Waals surface area contributed by atoms with Gasteiger partial charge in [0.25, 0.3) is 5.91 Å². The van der Waals surface area contributed by atoms with E-state index in [1.54, 1.807) is 23.1 Å². The van der Waals surface area contributed by atoms with Crippen molar-refractivity contribution in [1.82, 2.24) is 9.80 Å². The Bertz CT molecular complexity index is 652. The smallest absolute Gasteiger partial charge is 0.254 e. The number of carbonyl (C=O) groups is 2. The van der Waals surface area contributed by atoms with Crippen molar-refractivity contribution in [3.05, 3.63) is 29.8 Å². The SMILES string of the molecule is O=C(c1cccc(O)c1)N1CCN(C(=O)[C@@H]2C[C@H]3CC[C@H]2C3)CC1. The standard InChI is InChI=1S/C19H24N2O3/c22-16-3-1-2-15(12-16)18(23)20-6-8-21(9-7-20)19(24)17-11-13-4-5-14(17)10-13/h1-3,12-14,17,22H,4-11H2/t13-,14-,17+/m0/s1. The Morgan fingerprint density at radius 1 is 1.00 bits per heavy atom. The number of amides is 2. The van der Waals surface area contributed by atoms with Crippen LogP contribution in [0.4, 0.5) is 0 Å². The summed E-state index contributed by atoms with van der Waals surface area (Å²) in [4.78, 5) is 29.0. The van der Waals surface area contributed by atoms with Crippen LogP contribution in [0.1, 0.15) is 36.0 Å². The highest BCUT2D eigenvalue weighted by molar-refractivity contribution is 5.94. The highest BCUT2D eigenvalue weighted by Crippen LogP contribution is 2.48. The zero-order chi connectivity index (χ0) is 16.7. The summed E-state index contributed by atoms with van der Waals surface area (Å²) in [5.41, 5.74) is 0.503. The molecule has 2 aliphatic carbocycles. The zero-order valence-electron chi connectivity index (χ0n) is 13.9. The van der Waals surface area contributed by atoms with E-state index in [-0.39, 0.29) is 17.6 Å². The molecular weight excluding hydrogens is 304 g/mol. The molecule has 128 valence electrons. The number of phenols is 1. The summed E-state index contributed by atoms with van der Waals surface area (Å²) in [6.07, 6.45) is 4.84. The molecule has 1 aromatic carbocycles. The number of rotatable bonds is 2. The first-order valence-corrected chi connectivity index (χ1v) is 8.99. The Morgan fingerprint density at radius 3 is 2.38 bits per heavy atom. The first kappa shape index (κ1) is 15.5. The van der Waals surface area contributed by atoms with Gasteiger partial charge in [0.1, 0.15) is 5.75 Å². The number of carbonyl (C=O) groups excluding carboxylic acids is 2. The van der Waals surface area contributed by atoms with Crippen molar-refractivity contribution in [2.75, 3.05) is 26.2 Å². The summed E-state index contributed by atoms with van der Waals surface area (Å²) in [6.45, 7) is 2.39. The molecule has 1 saturated heterocycles.